The Kier molecular flexibility index (Phi) is 13.9. The standard InChI is InChI=1S/C21H39N5O11/c1-4-10(19(22)26(2)3)25-21(35)24-6-5-23-7-11(29)14(31)18(12(30)8-27)37-20-17(34)16(33)15(32)13(9-28)36-20/h4,7,11-18,20,27-34H,1,5-6,8-9,22H2,2-3H3,(H2,24,25,35)/b19-10+,23-7?. The number of nitrogens with zero attached hydrogens (tertiary/aromatic N) is 2. The average molecular weight is 538 g/mol. The van der Waals surface area contributed by atoms with E-state index in [9.17, 15) is 45.6 Å². The lowest BCUT2D eigenvalue weighted by molar-refractivity contribution is -0.326. The molecule has 12 N–H and O–H groups in total. The van der Waals surface area contributed by atoms with Crippen molar-refractivity contribution in [2.24, 2.45) is 10.7 Å². The smallest absolute Gasteiger partial charge is 0.319 e. The summed E-state index contributed by atoms with van der Waals surface area (Å²) in [5, 5.41) is 84.2. The minimum Gasteiger partial charge on any atom is -0.394 e. The molecule has 16 heteroatoms. The van der Waals surface area contributed by atoms with Gasteiger partial charge in [0.2, 0.25) is 0 Å². The number of rotatable bonds is 14. The molecule has 1 heterocycles. The zero-order valence-corrected chi connectivity index (χ0v) is 20.7. The van der Waals surface area contributed by atoms with Crippen molar-refractivity contribution in [1.29, 1.82) is 0 Å². The molecule has 16 nitrogen and oxygen atoms in total. The highest BCUT2D eigenvalue weighted by molar-refractivity contribution is 5.76. The van der Waals surface area contributed by atoms with Crippen LogP contribution in [-0.2, 0) is 9.47 Å². The van der Waals surface area contributed by atoms with Crippen LogP contribution in [0.3, 0.4) is 0 Å². The Hall–Kier alpha value is -2.38. The molecule has 0 aromatic rings. The number of ether oxygens (including phenoxy) is 2. The third kappa shape index (κ3) is 9.46. The number of hydrogen-bond donors (Lipinski definition) is 11. The van der Waals surface area contributed by atoms with Gasteiger partial charge in [0.05, 0.1) is 25.5 Å². The second-order valence-corrected chi connectivity index (χ2v) is 8.36. The number of nitrogens with one attached hydrogen (secondary N) is 2. The molecular weight excluding hydrogens is 498 g/mol. The largest absolute Gasteiger partial charge is 0.394 e. The van der Waals surface area contributed by atoms with Crippen molar-refractivity contribution in [2.45, 2.75) is 55.1 Å². The van der Waals surface area contributed by atoms with E-state index in [0.717, 1.165) is 6.21 Å². The summed E-state index contributed by atoms with van der Waals surface area (Å²) in [5.41, 5.74) is 6.11. The maximum absolute atomic E-state index is 12.0. The van der Waals surface area contributed by atoms with Crippen molar-refractivity contribution >= 4 is 12.2 Å². The van der Waals surface area contributed by atoms with Crippen LogP contribution in [0.1, 0.15) is 0 Å². The fourth-order valence-electron chi connectivity index (χ4n) is 3.16. The number of carbonyl (C=O) groups is 1. The lowest BCUT2D eigenvalue weighted by Crippen LogP contribution is -2.61. The van der Waals surface area contributed by atoms with E-state index in [-0.39, 0.29) is 24.6 Å². The van der Waals surface area contributed by atoms with E-state index in [1.54, 1.807) is 19.0 Å². The minimum absolute atomic E-state index is 0.0196. The van der Waals surface area contributed by atoms with Gasteiger partial charge in [0, 0.05) is 26.9 Å². The first-order chi connectivity index (χ1) is 17.4. The van der Waals surface area contributed by atoms with E-state index in [1.807, 2.05) is 0 Å². The molecule has 0 radical (unpaired) electrons. The Morgan fingerprint density at radius 1 is 1.19 bits per heavy atom. The molecule has 2 amide bonds. The number of aliphatic imine (C=N–C) groups is 1. The van der Waals surface area contributed by atoms with Gasteiger partial charge < -0.3 is 71.6 Å². The van der Waals surface area contributed by atoms with Gasteiger partial charge in [0.25, 0.3) is 0 Å². The Morgan fingerprint density at radius 3 is 2.38 bits per heavy atom. The highest BCUT2D eigenvalue weighted by Crippen LogP contribution is 2.24. The van der Waals surface area contributed by atoms with Crippen LogP contribution in [0.25, 0.3) is 0 Å². The molecule has 0 bridgehead atoms. The van der Waals surface area contributed by atoms with Crippen LogP contribution in [0.5, 0.6) is 0 Å². The molecule has 0 saturated carbocycles. The van der Waals surface area contributed by atoms with Crippen LogP contribution in [0.4, 0.5) is 4.79 Å². The number of amides is 2. The second-order valence-electron chi connectivity index (χ2n) is 8.36. The normalized spacial score (nSPS) is 28.1. The van der Waals surface area contributed by atoms with Crippen LogP contribution in [-0.4, -0.2) is 154 Å². The van der Waals surface area contributed by atoms with Crippen molar-refractivity contribution in [1.82, 2.24) is 15.5 Å². The van der Waals surface area contributed by atoms with Gasteiger partial charge in [0.15, 0.2) is 6.29 Å². The summed E-state index contributed by atoms with van der Waals surface area (Å²) in [6.07, 6.45) is -13.2. The summed E-state index contributed by atoms with van der Waals surface area (Å²) in [7, 11) is 3.37. The molecule has 1 rings (SSSR count). The zero-order valence-electron chi connectivity index (χ0n) is 20.7. The van der Waals surface area contributed by atoms with E-state index >= 15 is 0 Å². The zero-order chi connectivity index (χ0) is 28.3. The van der Waals surface area contributed by atoms with Crippen molar-refractivity contribution in [3.05, 3.63) is 24.2 Å². The number of aliphatic hydroxyl groups excluding tert-OH is 8. The van der Waals surface area contributed by atoms with Crippen molar-refractivity contribution in [3.8, 4) is 0 Å². The lowest BCUT2D eigenvalue weighted by atomic mass is 9.98. The first-order valence-corrected chi connectivity index (χ1v) is 11.3. The summed E-state index contributed by atoms with van der Waals surface area (Å²) in [5.74, 6) is 0.283. The second kappa shape index (κ2) is 15.8. The van der Waals surface area contributed by atoms with Gasteiger partial charge in [-0.05, 0) is 6.08 Å². The Labute approximate surface area is 213 Å². The highest BCUT2D eigenvalue weighted by atomic mass is 16.7. The van der Waals surface area contributed by atoms with Crippen LogP contribution >= 0.6 is 0 Å². The molecule has 1 aliphatic rings. The van der Waals surface area contributed by atoms with Crippen LogP contribution in [0, 0.1) is 0 Å². The Bertz CT molecular complexity index is 782. The topological polar surface area (TPSA) is 263 Å². The van der Waals surface area contributed by atoms with Gasteiger partial charge in [-0.15, -0.1) is 0 Å². The number of aliphatic hydroxyl groups is 8. The van der Waals surface area contributed by atoms with Crippen molar-refractivity contribution in [3.63, 3.8) is 0 Å². The highest BCUT2D eigenvalue weighted by Gasteiger charge is 2.46. The van der Waals surface area contributed by atoms with Crippen LogP contribution < -0.4 is 16.4 Å². The molecule has 1 aliphatic heterocycles. The maximum Gasteiger partial charge on any atom is 0.319 e. The first kappa shape index (κ1) is 32.6. The molecule has 0 aliphatic carbocycles. The summed E-state index contributed by atoms with van der Waals surface area (Å²) >= 11 is 0. The van der Waals surface area contributed by atoms with Gasteiger partial charge in [0.1, 0.15) is 54.7 Å². The van der Waals surface area contributed by atoms with E-state index in [1.165, 1.54) is 6.08 Å². The van der Waals surface area contributed by atoms with E-state index in [2.05, 4.69) is 22.2 Å². The number of hydrogen-bond acceptors (Lipinski definition) is 14. The van der Waals surface area contributed by atoms with Gasteiger partial charge in [-0.2, -0.15) is 0 Å². The third-order valence-corrected chi connectivity index (χ3v) is 5.39. The van der Waals surface area contributed by atoms with Crippen molar-refractivity contribution < 1.29 is 55.1 Å². The summed E-state index contributed by atoms with van der Waals surface area (Å²) in [6.45, 7) is 1.92. The first-order valence-electron chi connectivity index (χ1n) is 11.3. The molecule has 0 spiro atoms. The predicted molar refractivity (Wildman–Crippen MR) is 129 cm³/mol. The van der Waals surface area contributed by atoms with Gasteiger partial charge in [-0.1, -0.05) is 6.58 Å². The number of carbonyl (C=O) groups excluding carboxylic acids is 1. The fraction of sp³-hybridized carbons (Fsp3) is 0.714. The average Bonchev–Trinajstić information content (AvgIpc) is 2.88. The molecule has 9 atom stereocenters. The van der Waals surface area contributed by atoms with Crippen LogP contribution in [0.15, 0.2) is 29.2 Å². The molecule has 9 unspecified atom stereocenters. The van der Waals surface area contributed by atoms with E-state index < -0.39 is 74.4 Å². The monoisotopic (exact) mass is 537 g/mol. The molecule has 1 fully saturated rings. The predicted octanol–water partition coefficient (Wildman–Crippen LogP) is -5.51. The number of nitrogens with two attached hydrogens (primary N) is 1. The minimum atomic E-state index is -1.90. The van der Waals surface area contributed by atoms with Gasteiger partial charge in [-0.25, -0.2) is 4.79 Å². The molecule has 214 valence electrons. The summed E-state index contributed by atoms with van der Waals surface area (Å²) in [6, 6.07) is -0.588. The fourth-order valence-corrected chi connectivity index (χ4v) is 3.16. The summed E-state index contributed by atoms with van der Waals surface area (Å²) in [4.78, 5) is 17.4. The molecular formula is C21H39N5O11. The Morgan fingerprint density at radius 2 is 1.84 bits per heavy atom. The number of allylic oxidation sites excluding steroid dienone is 1. The maximum atomic E-state index is 12.0. The van der Waals surface area contributed by atoms with Crippen molar-refractivity contribution in [2.75, 3.05) is 40.4 Å². The van der Waals surface area contributed by atoms with Gasteiger partial charge in [-0.3, -0.25) is 4.99 Å². The van der Waals surface area contributed by atoms with Crippen LogP contribution in [0.2, 0.25) is 0 Å². The Balaban J connectivity index is 2.70. The number of urea groups is 1. The molecule has 0 aromatic carbocycles. The quantitative estimate of drug-likeness (QED) is 0.0562. The lowest BCUT2D eigenvalue weighted by Gasteiger charge is -2.42. The molecule has 37 heavy (non-hydrogen) atoms. The van der Waals surface area contributed by atoms with Gasteiger partial charge >= 0.3 is 6.03 Å². The summed E-state index contributed by atoms with van der Waals surface area (Å²) < 4.78 is 10.5. The third-order valence-electron chi connectivity index (χ3n) is 5.39. The molecule has 1 saturated heterocycles. The SMILES string of the molecule is C=C/C(NC(=O)NCCN=CC(O)C(O)C(OC1OC(CO)C(O)C(O)C1O)C(O)CO)=C(/N)N(C)C. The molecule has 0 aromatic heterocycles. The van der Waals surface area contributed by atoms with E-state index in [0.29, 0.717) is 0 Å². The van der Waals surface area contributed by atoms with E-state index in [4.69, 9.17) is 15.2 Å².